The Bertz CT molecular complexity index is 1370. The lowest BCUT2D eigenvalue weighted by molar-refractivity contribution is 0.483. The summed E-state index contributed by atoms with van der Waals surface area (Å²) in [5.41, 5.74) is 8.44. The molecule has 11 nitrogen and oxygen atoms in total. The van der Waals surface area contributed by atoms with Crippen LogP contribution in [0.3, 0.4) is 0 Å². The van der Waals surface area contributed by atoms with Crippen molar-refractivity contribution in [3.05, 3.63) is 72.3 Å². The van der Waals surface area contributed by atoms with Crippen LogP contribution in [-0.2, 0) is 20.7 Å². The monoisotopic (exact) mass is 475 g/mol. The lowest BCUT2D eigenvalue weighted by Gasteiger charge is -2.04. The highest BCUT2D eigenvalue weighted by Gasteiger charge is 2.16. The van der Waals surface area contributed by atoms with Gasteiger partial charge in [0.2, 0.25) is 0 Å². The topological polar surface area (TPSA) is 181 Å². The van der Waals surface area contributed by atoms with Crippen LogP contribution in [0.2, 0.25) is 0 Å². The molecule has 0 aromatic heterocycles. The van der Waals surface area contributed by atoms with Crippen molar-refractivity contribution in [2.45, 2.75) is 11.8 Å². The van der Waals surface area contributed by atoms with Gasteiger partial charge in [-0.1, -0.05) is 18.2 Å². The standard InChI is InChI=1S/C19H17N5O3S.O3S/c1-13-11-14(20)7-9-17(13)23-24-18-10-8-16(12-19(18)28(25,26)27)22-21-15-5-3-2-4-6-15;1-4(2)3/h2-12H,20H2,1H3,(H,25,26,27);. The molecule has 0 saturated heterocycles. The normalized spacial score (nSPS) is 11.3. The minimum Gasteiger partial charge on any atom is -0.399 e. The third kappa shape index (κ3) is 7.79. The maximum Gasteiger partial charge on any atom is 0.425 e. The number of nitrogens with zero attached hydrogens (tertiary/aromatic N) is 4. The van der Waals surface area contributed by atoms with E-state index in [4.69, 9.17) is 18.4 Å². The van der Waals surface area contributed by atoms with Crippen LogP contribution in [0.15, 0.2) is 92.1 Å². The van der Waals surface area contributed by atoms with Gasteiger partial charge in [-0.05, 0) is 61.0 Å². The van der Waals surface area contributed by atoms with Gasteiger partial charge in [-0.2, -0.15) is 23.8 Å². The Morgan fingerprint density at radius 3 is 1.94 bits per heavy atom. The molecule has 3 rings (SSSR count). The molecule has 0 amide bonds. The summed E-state index contributed by atoms with van der Waals surface area (Å²) in [5, 5.41) is 16.0. The molecule has 3 N–H and O–H groups in total. The van der Waals surface area contributed by atoms with Crippen molar-refractivity contribution < 1.29 is 25.6 Å². The van der Waals surface area contributed by atoms with Crippen LogP contribution in [-0.4, -0.2) is 25.6 Å². The summed E-state index contributed by atoms with van der Waals surface area (Å²) < 4.78 is 58.4. The first-order valence-corrected chi connectivity index (χ1v) is 11.1. The van der Waals surface area contributed by atoms with Gasteiger partial charge in [0.15, 0.2) is 0 Å². The van der Waals surface area contributed by atoms with Gasteiger partial charge in [0.1, 0.15) is 10.6 Å². The minimum absolute atomic E-state index is 0.0163. The second-order valence-corrected chi connectivity index (χ2v) is 7.91. The average Bonchev–Trinajstić information content (AvgIpc) is 2.71. The molecule has 0 spiro atoms. The van der Waals surface area contributed by atoms with Crippen LogP contribution >= 0.6 is 0 Å². The Morgan fingerprint density at radius 2 is 1.34 bits per heavy atom. The summed E-state index contributed by atoms with van der Waals surface area (Å²) in [5.74, 6) is 0. The highest BCUT2D eigenvalue weighted by Crippen LogP contribution is 2.32. The molecule has 0 atom stereocenters. The van der Waals surface area contributed by atoms with Crippen molar-refractivity contribution in [1.82, 2.24) is 0 Å². The van der Waals surface area contributed by atoms with Crippen LogP contribution in [0.4, 0.5) is 28.4 Å². The number of nitrogens with two attached hydrogens (primary N) is 1. The molecule has 0 saturated carbocycles. The highest BCUT2D eigenvalue weighted by molar-refractivity contribution is 7.86. The third-order valence-electron chi connectivity index (χ3n) is 3.74. The number of aryl methyl sites for hydroxylation is 1. The maximum atomic E-state index is 11.8. The van der Waals surface area contributed by atoms with E-state index in [-0.39, 0.29) is 11.4 Å². The molecule has 32 heavy (non-hydrogen) atoms. The Balaban J connectivity index is 0.000000837. The summed E-state index contributed by atoms with van der Waals surface area (Å²) in [7, 11) is -7.65. The van der Waals surface area contributed by atoms with Crippen molar-refractivity contribution in [1.29, 1.82) is 0 Å². The van der Waals surface area contributed by atoms with Crippen LogP contribution in [0, 0.1) is 6.92 Å². The van der Waals surface area contributed by atoms with Crippen molar-refractivity contribution in [2.24, 2.45) is 20.5 Å². The highest BCUT2D eigenvalue weighted by atomic mass is 32.2. The predicted molar refractivity (Wildman–Crippen MR) is 116 cm³/mol. The first-order valence-electron chi connectivity index (χ1n) is 8.69. The Hall–Kier alpha value is -3.81. The van der Waals surface area contributed by atoms with Crippen molar-refractivity contribution in [3.8, 4) is 0 Å². The zero-order chi connectivity index (χ0) is 23.7. The molecule has 3 aromatic carbocycles. The lowest BCUT2D eigenvalue weighted by Crippen LogP contribution is -1.98. The van der Waals surface area contributed by atoms with Gasteiger partial charge in [-0.3, -0.25) is 4.55 Å². The van der Waals surface area contributed by atoms with Gasteiger partial charge in [0, 0.05) is 5.69 Å². The molecule has 13 heteroatoms. The fourth-order valence-corrected chi connectivity index (χ4v) is 3.01. The zero-order valence-electron chi connectivity index (χ0n) is 16.5. The number of rotatable bonds is 5. The van der Waals surface area contributed by atoms with Crippen LogP contribution in [0.5, 0.6) is 0 Å². The van der Waals surface area contributed by atoms with E-state index >= 15 is 0 Å². The fraction of sp³-hybridized carbons (Fsp3) is 0.0526. The molecule has 3 aromatic rings. The Morgan fingerprint density at radius 1 is 0.781 bits per heavy atom. The number of hydrogen-bond donors (Lipinski definition) is 2. The molecule has 0 fully saturated rings. The Kier molecular flexibility index (Phi) is 8.40. The van der Waals surface area contributed by atoms with E-state index in [2.05, 4.69) is 20.5 Å². The molecule has 0 radical (unpaired) electrons. The quantitative estimate of drug-likeness (QED) is 0.306. The molecule has 0 unspecified atom stereocenters. The summed E-state index contributed by atoms with van der Waals surface area (Å²) in [6, 6.07) is 18.2. The van der Waals surface area contributed by atoms with E-state index < -0.39 is 25.6 Å². The summed E-state index contributed by atoms with van der Waals surface area (Å²) in [4.78, 5) is -0.408. The third-order valence-corrected chi connectivity index (χ3v) is 4.63. The maximum absolute atomic E-state index is 11.8. The van der Waals surface area contributed by atoms with Gasteiger partial charge in [0.25, 0.3) is 10.1 Å². The van der Waals surface area contributed by atoms with Crippen LogP contribution in [0.1, 0.15) is 5.56 Å². The fourth-order valence-electron chi connectivity index (χ4n) is 2.36. The van der Waals surface area contributed by atoms with Crippen LogP contribution < -0.4 is 5.73 Å². The predicted octanol–water partition coefficient (Wildman–Crippen LogP) is 4.65. The molecular weight excluding hydrogens is 458 g/mol. The van der Waals surface area contributed by atoms with Gasteiger partial charge >= 0.3 is 10.6 Å². The summed E-state index contributed by atoms with van der Waals surface area (Å²) in [6.07, 6.45) is 0. The number of benzene rings is 3. The SMILES string of the molecule is Cc1cc(N)ccc1N=Nc1ccc(N=Nc2ccccc2)cc1S(=O)(=O)O.O=S(=O)=O. The van der Waals surface area contributed by atoms with Gasteiger partial charge in [0.05, 0.1) is 17.1 Å². The molecule has 0 aliphatic heterocycles. The largest absolute Gasteiger partial charge is 0.425 e. The van der Waals surface area contributed by atoms with E-state index in [9.17, 15) is 13.0 Å². The second kappa shape index (κ2) is 11.0. The molecule has 0 bridgehead atoms. The molecule has 166 valence electrons. The number of hydrogen-bond acceptors (Lipinski definition) is 10. The van der Waals surface area contributed by atoms with Gasteiger partial charge in [-0.15, -0.1) is 17.7 Å². The van der Waals surface area contributed by atoms with E-state index in [0.29, 0.717) is 17.1 Å². The first-order chi connectivity index (χ1) is 15.1. The average molecular weight is 476 g/mol. The molecule has 0 heterocycles. The first kappa shape index (κ1) is 24.5. The van der Waals surface area contributed by atoms with Crippen molar-refractivity contribution >= 4 is 49.2 Å². The van der Waals surface area contributed by atoms with E-state index in [1.807, 2.05) is 13.0 Å². The van der Waals surface area contributed by atoms with Gasteiger partial charge in [-0.25, -0.2) is 0 Å². The number of anilines is 1. The summed E-state index contributed by atoms with van der Waals surface area (Å²) in [6.45, 7) is 1.81. The van der Waals surface area contributed by atoms with E-state index in [1.54, 1.807) is 42.5 Å². The lowest BCUT2D eigenvalue weighted by atomic mass is 10.2. The second-order valence-electron chi connectivity index (χ2n) is 6.11. The van der Waals surface area contributed by atoms with Gasteiger partial charge < -0.3 is 5.73 Å². The molecular formula is C19H17N5O6S2. The number of azo groups is 2. The van der Waals surface area contributed by atoms with Crippen molar-refractivity contribution in [2.75, 3.05) is 5.73 Å². The van der Waals surface area contributed by atoms with E-state index in [0.717, 1.165) is 5.56 Å². The Labute approximate surface area is 185 Å². The number of nitrogen functional groups attached to an aromatic ring is 1. The van der Waals surface area contributed by atoms with E-state index in [1.165, 1.54) is 18.2 Å². The van der Waals surface area contributed by atoms with Crippen LogP contribution in [0.25, 0.3) is 0 Å². The smallest absolute Gasteiger partial charge is 0.399 e. The van der Waals surface area contributed by atoms with Crippen molar-refractivity contribution in [3.63, 3.8) is 0 Å². The zero-order valence-corrected chi connectivity index (χ0v) is 18.2. The summed E-state index contributed by atoms with van der Waals surface area (Å²) >= 11 is 0. The molecule has 0 aliphatic carbocycles. The minimum atomic E-state index is -4.54. The molecule has 0 aliphatic rings.